The van der Waals surface area contributed by atoms with Gasteiger partial charge in [0.1, 0.15) is 12.2 Å². The molecule has 18 heavy (non-hydrogen) atoms. The van der Waals surface area contributed by atoms with Gasteiger partial charge in [-0.2, -0.15) is 0 Å². The van der Waals surface area contributed by atoms with Crippen molar-refractivity contribution in [3.8, 4) is 0 Å². The molecule has 4 rings (SSSR count). The van der Waals surface area contributed by atoms with E-state index in [1.165, 1.54) is 0 Å². The normalized spacial score (nSPS) is 41.1. The lowest BCUT2D eigenvalue weighted by Gasteiger charge is -2.40. The van der Waals surface area contributed by atoms with E-state index in [4.69, 9.17) is 14.6 Å². The van der Waals surface area contributed by atoms with Crippen molar-refractivity contribution in [2.24, 2.45) is 17.8 Å². The molecule has 2 heterocycles. The maximum Gasteiger partial charge on any atom is 0.417 e. The van der Waals surface area contributed by atoms with Gasteiger partial charge in [0, 0.05) is 5.92 Å². The van der Waals surface area contributed by atoms with Crippen LogP contribution in [0.4, 0.5) is 0 Å². The van der Waals surface area contributed by atoms with Crippen LogP contribution in [0.15, 0.2) is 0 Å². The monoisotopic (exact) mass is 254 g/mol. The quantitative estimate of drug-likeness (QED) is 0.536. The topological polar surface area (TPSA) is 89.9 Å². The Bertz CT molecular complexity index is 417. The minimum atomic E-state index is -1.60. The molecule has 98 valence electrons. The predicted octanol–water partition coefficient (Wildman–Crippen LogP) is 0.344. The van der Waals surface area contributed by atoms with E-state index in [-0.39, 0.29) is 17.8 Å². The lowest BCUT2D eigenvalue weighted by molar-refractivity contribution is -0.180. The van der Waals surface area contributed by atoms with Crippen LogP contribution in [-0.4, -0.2) is 35.2 Å². The van der Waals surface area contributed by atoms with Crippen molar-refractivity contribution in [3.05, 3.63) is 0 Å². The zero-order valence-corrected chi connectivity index (χ0v) is 9.70. The fourth-order valence-electron chi connectivity index (χ4n) is 3.61. The van der Waals surface area contributed by atoms with Gasteiger partial charge in [-0.15, -0.1) is 0 Å². The molecule has 5 atom stereocenters. The van der Waals surface area contributed by atoms with E-state index in [1.54, 1.807) is 0 Å². The Morgan fingerprint density at radius 1 is 1.22 bits per heavy atom. The first-order valence-electron chi connectivity index (χ1n) is 6.19. The molecule has 0 amide bonds. The summed E-state index contributed by atoms with van der Waals surface area (Å²) in [6.07, 6.45) is 2.02. The summed E-state index contributed by atoms with van der Waals surface area (Å²) in [6, 6.07) is 0. The summed E-state index contributed by atoms with van der Waals surface area (Å²) in [4.78, 5) is 33.4. The summed E-state index contributed by atoms with van der Waals surface area (Å²) in [5, 5.41) is 8.58. The van der Waals surface area contributed by atoms with E-state index in [0.717, 1.165) is 12.8 Å². The fraction of sp³-hybridized carbons (Fsp3) is 0.750. The average molecular weight is 254 g/mol. The molecule has 2 saturated carbocycles. The van der Waals surface area contributed by atoms with Gasteiger partial charge < -0.3 is 14.6 Å². The highest BCUT2D eigenvalue weighted by molar-refractivity contribution is 6.28. The van der Waals surface area contributed by atoms with Crippen molar-refractivity contribution in [2.75, 3.05) is 0 Å². The van der Waals surface area contributed by atoms with Crippen LogP contribution in [0.2, 0.25) is 0 Å². The van der Waals surface area contributed by atoms with Gasteiger partial charge >= 0.3 is 17.9 Å². The van der Waals surface area contributed by atoms with E-state index in [0.29, 0.717) is 18.8 Å². The number of esters is 2. The lowest BCUT2D eigenvalue weighted by atomic mass is 9.67. The van der Waals surface area contributed by atoms with Crippen LogP contribution in [0.25, 0.3) is 0 Å². The van der Waals surface area contributed by atoms with Crippen LogP contribution in [-0.2, 0) is 23.9 Å². The molecule has 6 nitrogen and oxygen atoms in total. The van der Waals surface area contributed by atoms with Gasteiger partial charge in [0.05, 0.1) is 5.92 Å². The molecule has 4 fully saturated rings. The van der Waals surface area contributed by atoms with Crippen molar-refractivity contribution in [1.29, 1.82) is 0 Å². The van der Waals surface area contributed by atoms with E-state index >= 15 is 0 Å². The van der Waals surface area contributed by atoms with Crippen LogP contribution in [0.5, 0.6) is 0 Å². The highest BCUT2D eigenvalue weighted by atomic mass is 16.6. The standard InChI is InChI=1S/C12H14O6/c13-10(14)12(16)18-9-6-1-5-2-7(4-6)11(15)17-8(9)3-5/h5-9H,1-4H2,(H,13,14). The zero-order chi connectivity index (χ0) is 12.9. The van der Waals surface area contributed by atoms with Gasteiger partial charge in [0.2, 0.25) is 0 Å². The molecule has 0 aromatic heterocycles. The van der Waals surface area contributed by atoms with Crippen LogP contribution >= 0.6 is 0 Å². The van der Waals surface area contributed by atoms with Gasteiger partial charge in [0.25, 0.3) is 0 Å². The van der Waals surface area contributed by atoms with Crippen LogP contribution in [0.1, 0.15) is 25.7 Å². The summed E-state index contributed by atoms with van der Waals surface area (Å²) in [7, 11) is 0. The molecule has 6 heteroatoms. The largest absolute Gasteiger partial charge is 0.473 e. The molecular weight excluding hydrogens is 240 g/mol. The molecule has 0 spiro atoms. The first-order chi connectivity index (χ1) is 8.54. The molecular formula is C12H14O6. The second-order valence-electron chi connectivity index (χ2n) is 5.42. The van der Waals surface area contributed by atoms with Gasteiger partial charge in [-0.25, -0.2) is 9.59 Å². The third kappa shape index (κ3) is 1.76. The van der Waals surface area contributed by atoms with Crippen molar-refractivity contribution >= 4 is 17.9 Å². The van der Waals surface area contributed by atoms with Crippen LogP contribution < -0.4 is 0 Å². The zero-order valence-electron chi connectivity index (χ0n) is 9.70. The number of ether oxygens (including phenoxy) is 2. The SMILES string of the molecule is O=C(O)C(=O)OC1C2CC3CC(C2)C(=O)OC1C3. The first-order valence-corrected chi connectivity index (χ1v) is 6.19. The average Bonchev–Trinajstić information content (AvgIpc) is 2.47. The van der Waals surface area contributed by atoms with E-state index in [2.05, 4.69) is 0 Å². The second kappa shape index (κ2) is 3.96. The molecule has 5 unspecified atom stereocenters. The van der Waals surface area contributed by atoms with Crippen molar-refractivity contribution in [1.82, 2.24) is 0 Å². The number of carboxylic acid groups (broad SMARTS) is 1. The Balaban J connectivity index is 1.82. The third-order valence-electron chi connectivity index (χ3n) is 4.26. The number of carboxylic acids is 1. The highest BCUT2D eigenvalue weighted by Gasteiger charge is 2.51. The molecule has 0 radical (unpaired) electrons. The number of fused-ring (bicyclic) bond motifs is 1. The van der Waals surface area contributed by atoms with Crippen molar-refractivity contribution < 1.29 is 29.0 Å². The fourth-order valence-corrected chi connectivity index (χ4v) is 3.61. The number of aliphatic carboxylic acids is 1. The van der Waals surface area contributed by atoms with Crippen molar-refractivity contribution in [3.63, 3.8) is 0 Å². The minimum Gasteiger partial charge on any atom is -0.473 e. The smallest absolute Gasteiger partial charge is 0.417 e. The van der Waals surface area contributed by atoms with Crippen LogP contribution in [0.3, 0.4) is 0 Å². The second-order valence-corrected chi connectivity index (χ2v) is 5.42. The van der Waals surface area contributed by atoms with Crippen molar-refractivity contribution in [2.45, 2.75) is 37.9 Å². The predicted molar refractivity (Wildman–Crippen MR) is 56.3 cm³/mol. The number of rotatable bonds is 1. The summed E-state index contributed by atoms with van der Waals surface area (Å²) in [5.41, 5.74) is 0. The number of hydrogen-bond acceptors (Lipinski definition) is 5. The lowest BCUT2D eigenvalue weighted by Crippen LogP contribution is -2.46. The minimum absolute atomic E-state index is 0.0576. The molecule has 4 aliphatic rings. The van der Waals surface area contributed by atoms with E-state index in [1.807, 2.05) is 0 Å². The van der Waals surface area contributed by atoms with Gasteiger partial charge in [-0.05, 0) is 31.6 Å². The van der Waals surface area contributed by atoms with Crippen LogP contribution in [0, 0.1) is 17.8 Å². The first kappa shape index (κ1) is 11.5. The summed E-state index contributed by atoms with van der Waals surface area (Å²) < 4.78 is 10.3. The van der Waals surface area contributed by atoms with E-state index < -0.39 is 24.1 Å². The highest BCUT2D eigenvalue weighted by Crippen LogP contribution is 2.48. The summed E-state index contributed by atoms with van der Waals surface area (Å²) in [5.74, 6) is -2.70. The maximum absolute atomic E-state index is 11.7. The number of hydrogen-bond donors (Lipinski definition) is 1. The Kier molecular flexibility index (Phi) is 2.53. The van der Waals surface area contributed by atoms with E-state index in [9.17, 15) is 14.4 Å². The molecule has 2 aliphatic carbocycles. The molecule has 0 aromatic carbocycles. The number of carbonyl (C=O) groups excluding carboxylic acids is 2. The Labute approximate surface area is 103 Å². The molecule has 0 aromatic rings. The molecule has 2 aliphatic heterocycles. The van der Waals surface area contributed by atoms with Gasteiger partial charge in [0.15, 0.2) is 0 Å². The maximum atomic E-state index is 11.7. The van der Waals surface area contributed by atoms with Gasteiger partial charge in [-0.3, -0.25) is 4.79 Å². The molecule has 4 bridgehead atoms. The number of carbonyl (C=O) groups is 3. The Hall–Kier alpha value is -1.59. The molecule has 2 saturated heterocycles. The Morgan fingerprint density at radius 3 is 2.72 bits per heavy atom. The van der Waals surface area contributed by atoms with Gasteiger partial charge in [-0.1, -0.05) is 0 Å². The Morgan fingerprint density at radius 2 is 2.00 bits per heavy atom. The third-order valence-corrected chi connectivity index (χ3v) is 4.26. The molecule has 1 N–H and O–H groups in total. The summed E-state index contributed by atoms with van der Waals surface area (Å²) >= 11 is 0. The summed E-state index contributed by atoms with van der Waals surface area (Å²) in [6.45, 7) is 0.